The largest absolute Gasteiger partial charge is 0.496 e. The van der Waals surface area contributed by atoms with Crippen molar-refractivity contribution in [3.8, 4) is 28.5 Å². The number of carbonyl (C=O) groups excluding carboxylic acids is 1. The fourth-order valence-corrected chi connectivity index (χ4v) is 5.75. The number of nitrogens with zero attached hydrogens (tertiary/aromatic N) is 2. The number of ether oxygens (including phenoxy) is 2. The van der Waals surface area contributed by atoms with Crippen LogP contribution in [0.25, 0.3) is 11.3 Å². The number of amides is 1. The van der Waals surface area contributed by atoms with Gasteiger partial charge in [-0.2, -0.15) is 0 Å². The van der Waals surface area contributed by atoms with E-state index in [-0.39, 0.29) is 17.9 Å². The third-order valence-electron chi connectivity index (χ3n) is 7.66. The Balaban J connectivity index is 1.44. The Bertz CT molecular complexity index is 1840. The van der Waals surface area contributed by atoms with Crippen LogP contribution in [0.2, 0.25) is 10.0 Å². The number of halogens is 2. The summed E-state index contributed by atoms with van der Waals surface area (Å²) in [4.78, 5) is 29.8. The number of hydrogen-bond acceptors (Lipinski definition) is 5. The lowest BCUT2D eigenvalue weighted by atomic mass is 10.0. The van der Waals surface area contributed by atoms with Gasteiger partial charge in [0.15, 0.2) is 0 Å². The molecule has 5 rings (SSSR count). The number of unbranched alkanes of at least 4 members (excludes halogenated alkanes) is 1. The predicted octanol–water partition coefficient (Wildman–Crippen LogP) is 8.80. The van der Waals surface area contributed by atoms with Gasteiger partial charge in [0.1, 0.15) is 23.1 Å². The molecule has 242 valence electrons. The molecule has 0 saturated carbocycles. The first kappa shape index (κ1) is 33.6. The molecule has 0 unspecified atom stereocenters. The standard InChI is InChI=1S/C37H35Cl2N3O5/c1-3-4-19-42-23-33(30-18-13-27(38)22-31(30)39)41-36(42)32(40-35(43)21-26-7-5-6-8-34(26)46-2)20-24-9-14-28(15-10-24)47-29-16-11-25(12-17-29)37(44)45/h5-18,22-23,32H,3-4,19-21H2,1-2H3,(H,40,43)(H,44,45)/t32-/m0/s1. The Labute approximate surface area is 283 Å². The molecule has 1 atom stereocenters. The van der Waals surface area contributed by atoms with Crippen LogP contribution in [-0.2, 0) is 24.2 Å². The zero-order valence-electron chi connectivity index (χ0n) is 26.1. The molecule has 47 heavy (non-hydrogen) atoms. The van der Waals surface area contributed by atoms with Crippen molar-refractivity contribution in [1.29, 1.82) is 0 Å². The molecule has 0 fully saturated rings. The topological polar surface area (TPSA) is 103 Å². The molecule has 0 spiro atoms. The number of methoxy groups -OCH3 is 1. The lowest BCUT2D eigenvalue weighted by molar-refractivity contribution is -0.121. The van der Waals surface area contributed by atoms with E-state index in [0.717, 1.165) is 36.1 Å². The molecule has 2 N–H and O–H groups in total. The summed E-state index contributed by atoms with van der Waals surface area (Å²) in [5.74, 6) is 1.32. The summed E-state index contributed by atoms with van der Waals surface area (Å²) < 4.78 is 13.5. The molecule has 4 aromatic carbocycles. The SMILES string of the molecule is CCCCn1cc(-c2ccc(Cl)cc2Cl)nc1[C@H](Cc1ccc(Oc2ccc(C(=O)O)cc2)cc1)NC(=O)Cc1ccccc1OC. The van der Waals surface area contributed by atoms with Gasteiger partial charge in [0.2, 0.25) is 5.91 Å². The minimum atomic E-state index is -0.996. The van der Waals surface area contributed by atoms with Crippen LogP contribution in [0, 0.1) is 0 Å². The lowest BCUT2D eigenvalue weighted by Crippen LogP contribution is -2.33. The molecular formula is C37H35Cl2N3O5. The van der Waals surface area contributed by atoms with Crippen LogP contribution in [0.1, 0.15) is 53.1 Å². The maximum absolute atomic E-state index is 13.6. The van der Waals surface area contributed by atoms with Crippen LogP contribution in [0.15, 0.2) is 97.2 Å². The maximum Gasteiger partial charge on any atom is 0.335 e. The van der Waals surface area contributed by atoms with Crippen molar-refractivity contribution >= 4 is 35.1 Å². The van der Waals surface area contributed by atoms with Crippen molar-refractivity contribution < 1.29 is 24.2 Å². The molecule has 0 aliphatic rings. The van der Waals surface area contributed by atoms with Gasteiger partial charge in [-0.3, -0.25) is 4.79 Å². The average molecular weight is 673 g/mol. The number of aryl methyl sites for hydroxylation is 1. The fraction of sp³-hybridized carbons (Fsp3) is 0.216. The second kappa shape index (κ2) is 15.7. The Kier molecular flexibility index (Phi) is 11.2. The first-order valence-electron chi connectivity index (χ1n) is 15.3. The molecule has 8 nitrogen and oxygen atoms in total. The number of rotatable bonds is 14. The molecule has 1 heterocycles. The Hall–Kier alpha value is -4.79. The summed E-state index contributed by atoms with van der Waals surface area (Å²) in [5, 5.41) is 13.4. The third kappa shape index (κ3) is 8.73. The molecule has 0 saturated heterocycles. The maximum atomic E-state index is 13.6. The van der Waals surface area contributed by atoms with E-state index in [1.807, 2.05) is 60.8 Å². The van der Waals surface area contributed by atoms with Gasteiger partial charge in [-0.15, -0.1) is 0 Å². The van der Waals surface area contributed by atoms with Crippen LogP contribution < -0.4 is 14.8 Å². The van der Waals surface area contributed by atoms with Crippen molar-refractivity contribution in [3.05, 3.63) is 130 Å². The Morgan fingerprint density at radius 2 is 1.66 bits per heavy atom. The number of para-hydroxylation sites is 1. The van der Waals surface area contributed by atoms with Crippen LogP contribution in [0.5, 0.6) is 17.2 Å². The zero-order chi connectivity index (χ0) is 33.3. The number of aromatic carboxylic acids is 1. The molecule has 1 aromatic heterocycles. The van der Waals surface area contributed by atoms with E-state index < -0.39 is 12.0 Å². The Morgan fingerprint density at radius 3 is 2.32 bits per heavy atom. The normalized spacial score (nSPS) is 11.6. The van der Waals surface area contributed by atoms with Gasteiger partial charge in [0.25, 0.3) is 0 Å². The summed E-state index contributed by atoms with van der Waals surface area (Å²) in [7, 11) is 1.59. The fourth-order valence-electron chi connectivity index (χ4n) is 5.25. The number of carboxylic acid groups (broad SMARTS) is 1. The highest BCUT2D eigenvalue weighted by molar-refractivity contribution is 6.36. The van der Waals surface area contributed by atoms with Crippen molar-refractivity contribution in [1.82, 2.24) is 14.9 Å². The van der Waals surface area contributed by atoms with E-state index in [4.69, 9.17) is 42.8 Å². The summed E-state index contributed by atoms with van der Waals surface area (Å²) in [6, 6.07) is 26.1. The van der Waals surface area contributed by atoms with Gasteiger partial charge >= 0.3 is 5.97 Å². The second-order valence-corrected chi connectivity index (χ2v) is 11.9. The van der Waals surface area contributed by atoms with E-state index in [2.05, 4.69) is 16.8 Å². The second-order valence-electron chi connectivity index (χ2n) is 11.0. The van der Waals surface area contributed by atoms with Crippen molar-refractivity contribution in [2.24, 2.45) is 0 Å². The van der Waals surface area contributed by atoms with Gasteiger partial charge in [-0.25, -0.2) is 9.78 Å². The molecule has 1 amide bonds. The zero-order valence-corrected chi connectivity index (χ0v) is 27.6. The molecule has 0 aliphatic carbocycles. The highest BCUT2D eigenvalue weighted by Crippen LogP contribution is 2.32. The van der Waals surface area contributed by atoms with Crippen LogP contribution in [-0.4, -0.2) is 33.6 Å². The number of benzene rings is 4. The number of carboxylic acids is 1. The lowest BCUT2D eigenvalue weighted by Gasteiger charge is -2.21. The number of hydrogen-bond donors (Lipinski definition) is 2. The number of carbonyl (C=O) groups is 2. The van der Waals surface area contributed by atoms with E-state index >= 15 is 0 Å². The number of imidazole rings is 1. The summed E-state index contributed by atoms with van der Waals surface area (Å²) >= 11 is 12.8. The van der Waals surface area contributed by atoms with Crippen molar-refractivity contribution in [2.75, 3.05) is 7.11 Å². The van der Waals surface area contributed by atoms with Crippen molar-refractivity contribution in [2.45, 2.75) is 45.2 Å². The van der Waals surface area contributed by atoms with E-state index in [1.54, 1.807) is 31.4 Å². The first-order valence-corrected chi connectivity index (χ1v) is 16.0. The molecule has 10 heteroatoms. The van der Waals surface area contributed by atoms with Crippen LogP contribution in [0.4, 0.5) is 0 Å². The molecule has 0 radical (unpaired) electrons. The van der Waals surface area contributed by atoms with E-state index in [0.29, 0.717) is 45.2 Å². The molecule has 0 aliphatic heterocycles. The quantitative estimate of drug-likeness (QED) is 0.122. The monoisotopic (exact) mass is 671 g/mol. The number of nitrogens with one attached hydrogen (secondary N) is 1. The van der Waals surface area contributed by atoms with Gasteiger partial charge < -0.3 is 24.5 Å². The Morgan fingerprint density at radius 1 is 0.957 bits per heavy atom. The van der Waals surface area contributed by atoms with Crippen LogP contribution >= 0.6 is 23.2 Å². The molecule has 0 bridgehead atoms. The summed E-state index contributed by atoms with van der Waals surface area (Å²) in [6.07, 6.45) is 4.49. The van der Waals surface area contributed by atoms with Gasteiger partial charge in [0, 0.05) is 28.9 Å². The minimum absolute atomic E-state index is 0.138. The summed E-state index contributed by atoms with van der Waals surface area (Å²) in [6.45, 7) is 2.85. The predicted molar refractivity (Wildman–Crippen MR) is 184 cm³/mol. The van der Waals surface area contributed by atoms with Crippen molar-refractivity contribution in [3.63, 3.8) is 0 Å². The van der Waals surface area contributed by atoms with Gasteiger partial charge in [0.05, 0.1) is 35.9 Å². The van der Waals surface area contributed by atoms with Gasteiger partial charge in [-0.05, 0) is 79.1 Å². The number of aromatic nitrogens is 2. The minimum Gasteiger partial charge on any atom is -0.496 e. The molecule has 5 aromatic rings. The average Bonchev–Trinajstić information content (AvgIpc) is 3.48. The van der Waals surface area contributed by atoms with Crippen LogP contribution in [0.3, 0.4) is 0 Å². The third-order valence-corrected chi connectivity index (χ3v) is 8.21. The summed E-state index contributed by atoms with van der Waals surface area (Å²) in [5.41, 5.74) is 3.37. The van der Waals surface area contributed by atoms with Gasteiger partial charge in [-0.1, -0.05) is 66.9 Å². The van der Waals surface area contributed by atoms with E-state index in [1.165, 1.54) is 12.1 Å². The molecular weight excluding hydrogens is 637 g/mol. The highest BCUT2D eigenvalue weighted by atomic mass is 35.5. The van der Waals surface area contributed by atoms with E-state index in [9.17, 15) is 9.59 Å². The smallest absolute Gasteiger partial charge is 0.335 e. The first-order chi connectivity index (χ1) is 22.7. The highest BCUT2D eigenvalue weighted by Gasteiger charge is 2.24.